The lowest BCUT2D eigenvalue weighted by Gasteiger charge is -2.12. The smallest absolute Gasteiger partial charge is 0.261 e. The van der Waals surface area contributed by atoms with Crippen LogP contribution >= 0.6 is 0 Å². The molecule has 0 spiro atoms. The van der Waals surface area contributed by atoms with Crippen LogP contribution in [0.15, 0.2) is 165 Å². The standard InChI is InChI=1S/C30H37N5O4S.C29H35N5O4S/c1-2-3-4-5-6-9-29-33-30(34-39-29)24-12-16-27(17-13-24)40(37,38)35-26-14-10-23(11-15-26)18-20-32-22-28(36)25-8-7-19-31-21-25;1-2-3-4-5-8-28-32-29(33-38-28)23-11-15-26(16-12-23)39(36,37)34-25-13-9-22(10-14-25)17-19-31-21-27(35)24-7-6-18-30-20-24/h7-8,10-17,19,21,28,32,35-36H,2-6,9,18,20,22H2,1H3;6-7,9-16,18,20,27,31,34-35H,2-5,8,17,19,21H2,1H3. The molecule has 0 bridgehead atoms. The quantitative estimate of drug-likeness (QED) is 0.0221. The van der Waals surface area contributed by atoms with Crippen LogP contribution in [0.5, 0.6) is 0 Å². The predicted octanol–water partition coefficient (Wildman–Crippen LogP) is 10.2. The molecule has 79 heavy (non-hydrogen) atoms. The van der Waals surface area contributed by atoms with E-state index in [4.69, 9.17) is 9.05 Å². The van der Waals surface area contributed by atoms with Crippen molar-refractivity contribution >= 4 is 31.4 Å². The number of unbranched alkanes of at least 4 members (excludes halogenated alkanes) is 7. The van der Waals surface area contributed by atoms with E-state index in [1.165, 1.54) is 44.2 Å². The van der Waals surface area contributed by atoms with E-state index in [-0.39, 0.29) is 9.79 Å². The van der Waals surface area contributed by atoms with Crippen LogP contribution in [0.1, 0.15) is 118 Å². The van der Waals surface area contributed by atoms with Gasteiger partial charge in [0.25, 0.3) is 20.0 Å². The van der Waals surface area contributed by atoms with E-state index in [2.05, 4.69) is 64.2 Å². The van der Waals surface area contributed by atoms with Gasteiger partial charge in [-0.2, -0.15) is 9.97 Å². The van der Waals surface area contributed by atoms with Gasteiger partial charge in [-0.05, 0) is 135 Å². The fraction of sp³-hybridized carbons (Fsp3) is 0.356. The van der Waals surface area contributed by atoms with Gasteiger partial charge in [0.1, 0.15) is 0 Å². The summed E-state index contributed by atoms with van der Waals surface area (Å²) < 4.78 is 67.6. The van der Waals surface area contributed by atoms with Gasteiger partial charge in [-0.1, -0.05) is 106 Å². The van der Waals surface area contributed by atoms with Gasteiger partial charge in [0.05, 0.1) is 22.0 Å². The fourth-order valence-corrected chi connectivity index (χ4v) is 10.4. The Morgan fingerprint density at radius 2 is 0.873 bits per heavy atom. The van der Waals surface area contributed by atoms with Crippen LogP contribution in [0.3, 0.4) is 0 Å². The first-order chi connectivity index (χ1) is 38.4. The Morgan fingerprint density at radius 1 is 0.481 bits per heavy atom. The highest BCUT2D eigenvalue weighted by Crippen LogP contribution is 2.24. The van der Waals surface area contributed by atoms with Crippen molar-refractivity contribution in [2.45, 2.75) is 119 Å². The Morgan fingerprint density at radius 3 is 1.25 bits per heavy atom. The summed E-state index contributed by atoms with van der Waals surface area (Å²) in [6.07, 6.45) is 18.7. The number of aromatic nitrogens is 6. The molecule has 4 aromatic heterocycles. The highest BCUT2D eigenvalue weighted by Gasteiger charge is 2.18. The number of aliphatic hydroxyl groups is 2. The molecule has 18 nitrogen and oxygen atoms in total. The minimum atomic E-state index is -3.76. The molecule has 0 amide bonds. The SMILES string of the molecule is CCCCCCCc1nc(-c2ccc(S(=O)(=O)Nc3ccc(CCNCC(O)c4cccnc4)cc3)cc2)no1.CCCCCCc1nc(-c2ccc(S(=O)(=O)Nc3ccc(CCNCC(O)c4cccnc4)cc3)cc2)no1. The molecule has 6 N–H and O–H groups in total. The normalized spacial score (nSPS) is 12.4. The second-order valence-electron chi connectivity index (χ2n) is 19.2. The van der Waals surface area contributed by atoms with Crippen LogP contribution in [-0.4, -0.2) is 83.5 Å². The molecule has 20 heteroatoms. The number of sulfonamides is 2. The average molecular weight is 1110 g/mol. The van der Waals surface area contributed by atoms with Gasteiger partial charge < -0.3 is 29.9 Å². The summed E-state index contributed by atoms with van der Waals surface area (Å²) in [5.41, 5.74) is 6.01. The molecule has 2 unspecified atom stereocenters. The number of anilines is 2. The molecule has 0 aliphatic rings. The molecule has 2 atom stereocenters. The summed E-state index contributed by atoms with van der Waals surface area (Å²) in [6.45, 7) is 6.56. The Bertz CT molecular complexity index is 3240. The summed E-state index contributed by atoms with van der Waals surface area (Å²) in [7, 11) is -7.51. The van der Waals surface area contributed by atoms with Gasteiger partial charge in [0.2, 0.25) is 23.4 Å². The maximum Gasteiger partial charge on any atom is 0.261 e. The second-order valence-corrected chi connectivity index (χ2v) is 22.5. The third-order valence-electron chi connectivity index (χ3n) is 12.9. The maximum atomic E-state index is 12.9. The van der Waals surface area contributed by atoms with Gasteiger partial charge in [0, 0.05) is 84.3 Å². The Labute approximate surface area is 464 Å². The molecule has 0 saturated carbocycles. The molecular formula is C59H72N10O8S2. The lowest BCUT2D eigenvalue weighted by atomic mass is 10.1. The van der Waals surface area contributed by atoms with E-state index in [1.807, 2.05) is 36.4 Å². The second kappa shape index (κ2) is 30.8. The lowest BCUT2D eigenvalue weighted by molar-refractivity contribution is 0.174. The molecule has 4 heterocycles. The monoisotopic (exact) mass is 1110 g/mol. The van der Waals surface area contributed by atoms with E-state index in [0.29, 0.717) is 72.1 Å². The highest BCUT2D eigenvalue weighted by atomic mass is 32.2. The van der Waals surface area contributed by atoms with Crippen LogP contribution in [0, 0.1) is 0 Å². The van der Waals surface area contributed by atoms with Crippen LogP contribution in [0.25, 0.3) is 22.8 Å². The molecule has 8 rings (SSSR count). The predicted molar refractivity (Wildman–Crippen MR) is 306 cm³/mol. The summed E-state index contributed by atoms with van der Waals surface area (Å²) >= 11 is 0. The van der Waals surface area contributed by atoms with Crippen LogP contribution in [0.4, 0.5) is 11.4 Å². The zero-order chi connectivity index (χ0) is 55.7. The molecule has 418 valence electrons. The topological polar surface area (TPSA) is 260 Å². The third kappa shape index (κ3) is 19.3. The first-order valence-electron chi connectivity index (χ1n) is 27.1. The van der Waals surface area contributed by atoms with Crippen molar-refractivity contribution < 1.29 is 36.1 Å². The summed E-state index contributed by atoms with van der Waals surface area (Å²) in [4.78, 5) is 17.2. The largest absolute Gasteiger partial charge is 0.387 e. The Balaban J connectivity index is 0.000000229. The Kier molecular flexibility index (Phi) is 23.2. The summed E-state index contributed by atoms with van der Waals surface area (Å²) in [5, 5.41) is 34.9. The molecule has 0 radical (unpaired) electrons. The van der Waals surface area contributed by atoms with Crippen LogP contribution in [0.2, 0.25) is 0 Å². The number of hydrogen-bond donors (Lipinski definition) is 6. The van der Waals surface area contributed by atoms with Gasteiger partial charge in [-0.15, -0.1) is 0 Å². The molecular weight excluding hydrogens is 1040 g/mol. The van der Waals surface area contributed by atoms with Crippen molar-refractivity contribution in [3.8, 4) is 22.8 Å². The van der Waals surface area contributed by atoms with Gasteiger partial charge in [-0.3, -0.25) is 19.4 Å². The number of aliphatic hydroxyl groups excluding tert-OH is 2. The number of nitrogens with zero attached hydrogens (tertiary/aromatic N) is 6. The zero-order valence-corrected chi connectivity index (χ0v) is 46.5. The highest BCUT2D eigenvalue weighted by molar-refractivity contribution is 7.93. The number of benzene rings is 4. The number of aryl methyl sites for hydroxylation is 2. The van der Waals surface area contributed by atoms with E-state index in [9.17, 15) is 27.0 Å². The first kappa shape index (κ1) is 59.5. The average Bonchev–Trinajstić information content (AvgIpc) is 4.18. The van der Waals surface area contributed by atoms with Crippen molar-refractivity contribution in [2.75, 3.05) is 35.6 Å². The third-order valence-corrected chi connectivity index (χ3v) is 15.7. The van der Waals surface area contributed by atoms with E-state index >= 15 is 0 Å². The van der Waals surface area contributed by atoms with Crippen molar-refractivity contribution in [2.24, 2.45) is 0 Å². The van der Waals surface area contributed by atoms with Crippen LogP contribution < -0.4 is 20.1 Å². The molecule has 0 aliphatic carbocycles. The first-order valence-corrected chi connectivity index (χ1v) is 30.0. The molecule has 0 saturated heterocycles. The zero-order valence-electron chi connectivity index (χ0n) is 44.9. The van der Waals surface area contributed by atoms with Crippen molar-refractivity contribution in [3.05, 3.63) is 180 Å². The van der Waals surface area contributed by atoms with E-state index < -0.39 is 32.3 Å². The molecule has 0 fully saturated rings. The number of nitrogens with one attached hydrogen (secondary N) is 4. The van der Waals surface area contributed by atoms with Gasteiger partial charge >= 0.3 is 0 Å². The Hall–Kier alpha value is -7.20. The van der Waals surface area contributed by atoms with E-state index in [1.54, 1.807) is 97.6 Å². The van der Waals surface area contributed by atoms with Crippen LogP contribution in [-0.2, 0) is 45.7 Å². The molecule has 8 aromatic rings. The minimum Gasteiger partial charge on any atom is -0.387 e. The molecule has 4 aromatic carbocycles. The van der Waals surface area contributed by atoms with Crippen molar-refractivity contribution in [1.29, 1.82) is 0 Å². The molecule has 0 aliphatic heterocycles. The number of pyridine rings is 2. The maximum absolute atomic E-state index is 12.9. The minimum absolute atomic E-state index is 0.148. The van der Waals surface area contributed by atoms with Gasteiger partial charge in [0.15, 0.2) is 0 Å². The number of rotatable bonds is 31. The van der Waals surface area contributed by atoms with Gasteiger partial charge in [-0.25, -0.2) is 16.8 Å². The summed E-state index contributed by atoms with van der Waals surface area (Å²) in [5.74, 6) is 2.11. The lowest BCUT2D eigenvalue weighted by Crippen LogP contribution is -2.23. The fourth-order valence-electron chi connectivity index (χ4n) is 8.33. The van der Waals surface area contributed by atoms with Crippen molar-refractivity contribution in [1.82, 2.24) is 40.9 Å². The summed E-state index contributed by atoms with van der Waals surface area (Å²) in [6, 6.07) is 34.7. The van der Waals surface area contributed by atoms with Crippen molar-refractivity contribution in [3.63, 3.8) is 0 Å². The number of hydrogen-bond acceptors (Lipinski definition) is 16. The van der Waals surface area contributed by atoms with E-state index in [0.717, 1.165) is 73.6 Å².